The van der Waals surface area contributed by atoms with Gasteiger partial charge in [0, 0.05) is 6.04 Å². The standard InChI is InChI=1S/C23H26N2O4/c1-2-16-11-13-17(14-12-16)23(28)29-15-21(26)25-20-10-6-5-9-19(20)22(27)24-18-7-3-4-8-18/h5-6,9-14,18H,2-4,7-8,15H2,1H3,(H,24,27)(H,25,26). The summed E-state index contributed by atoms with van der Waals surface area (Å²) in [4.78, 5) is 36.9. The van der Waals surface area contributed by atoms with Crippen LogP contribution in [-0.2, 0) is 16.0 Å². The van der Waals surface area contributed by atoms with Gasteiger partial charge < -0.3 is 15.4 Å². The third kappa shape index (κ3) is 5.67. The molecule has 1 aliphatic carbocycles. The van der Waals surface area contributed by atoms with Gasteiger partial charge in [-0.05, 0) is 49.1 Å². The van der Waals surface area contributed by atoms with E-state index in [0.29, 0.717) is 16.8 Å². The van der Waals surface area contributed by atoms with Gasteiger partial charge in [0.15, 0.2) is 6.61 Å². The van der Waals surface area contributed by atoms with Gasteiger partial charge in [-0.2, -0.15) is 0 Å². The molecule has 0 unspecified atom stereocenters. The highest BCUT2D eigenvalue weighted by atomic mass is 16.5. The number of esters is 1. The molecule has 29 heavy (non-hydrogen) atoms. The quantitative estimate of drug-likeness (QED) is 0.701. The molecule has 1 aliphatic rings. The minimum Gasteiger partial charge on any atom is -0.452 e. The molecule has 1 fully saturated rings. The highest BCUT2D eigenvalue weighted by Crippen LogP contribution is 2.20. The van der Waals surface area contributed by atoms with Crippen molar-refractivity contribution in [3.05, 3.63) is 65.2 Å². The van der Waals surface area contributed by atoms with Crippen LogP contribution >= 0.6 is 0 Å². The Balaban J connectivity index is 1.56. The predicted octanol–water partition coefficient (Wildman–Crippen LogP) is 3.72. The van der Waals surface area contributed by atoms with Crippen LogP contribution in [0.1, 0.15) is 58.9 Å². The second-order valence-corrected chi connectivity index (χ2v) is 7.18. The molecule has 0 atom stereocenters. The zero-order valence-electron chi connectivity index (χ0n) is 16.6. The number of amides is 2. The normalized spacial score (nSPS) is 13.7. The Labute approximate surface area is 170 Å². The first kappa shape index (κ1) is 20.6. The smallest absolute Gasteiger partial charge is 0.338 e. The van der Waals surface area contributed by atoms with E-state index in [1.54, 1.807) is 36.4 Å². The monoisotopic (exact) mass is 394 g/mol. The molecule has 1 saturated carbocycles. The number of benzene rings is 2. The van der Waals surface area contributed by atoms with Gasteiger partial charge in [-0.1, -0.05) is 44.0 Å². The summed E-state index contributed by atoms with van der Waals surface area (Å²) in [6.45, 7) is 1.61. The summed E-state index contributed by atoms with van der Waals surface area (Å²) in [5, 5.41) is 5.68. The SMILES string of the molecule is CCc1ccc(C(=O)OCC(=O)Nc2ccccc2C(=O)NC2CCCC2)cc1. The van der Waals surface area contributed by atoms with Gasteiger partial charge >= 0.3 is 5.97 Å². The maximum atomic E-state index is 12.6. The van der Waals surface area contributed by atoms with E-state index in [-0.39, 0.29) is 11.9 Å². The third-order valence-corrected chi connectivity index (χ3v) is 5.07. The number of aryl methyl sites for hydroxylation is 1. The van der Waals surface area contributed by atoms with Crippen molar-refractivity contribution in [2.75, 3.05) is 11.9 Å². The van der Waals surface area contributed by atoms with Gasteiger partial charge in [0.25, 0.3) is 11.8 Å². The molecule has 0 spiro atoms. The summed E-state index contributed by atoms with van der Waals surface area (Å²) in [5.74, 6) is -1.26. The lowest BCUT2D eigenvalue weighted by molar-refractivity contribution is -0.119. The van der Waals surface area contributed by atoms with Crippen molar-refractivity contribution in [2.45, 2.75) is 45.1 Å². The Kier molecular flexibility index (Phi) is 7.00. The van der Waals surface area contributed by atoms with Crippen LogP contribution in [-0.4, -0.2) is 30.4 Å². The number of carbonyl (C=O) groups is 3. The molecule has 0 aliphatic heterocycles. The van der Waals surface area contributed by atoms with Crippen LogP contribution in [0.15, 0.2) is 48.5 Å². The van der Waals surface area contributed by atoms with Crippen LogP contribution < -0.4 is 10.6 Å². The Bertz CT molecular complexity index is 871. The van der Waals surface area contributed by atoms with Crippen molar-refractivity contribution in [1.82, 2.24) is 5.32 Å². The molecule has 3 rings (SSSR count). The summed E-state index contributed by atoms with van der Waals surface area (Å²) < 4.78 is 5.09. The molecule has 2 N–H and O–H groups in total. The van der Waals surface area contributed by atoms with Crippen LogP contribution in [0, 0.1) is 0 Å². The minimum absolute atomic E-state index is 0.186. The lowest BCUT2D eigenvalue weighted by Gasteiger charge is -2.15. The number of rotatable bonds is 7. The molecule has 2 aromatic carbocycles. The molecule has 0 bridgehead atoms. The maximum absolute atomic E-state index is 12.6. The second-order valence-electron chi connectivity index (χ2n) is 7.18. The van der Waals surface area contributed by atoms with Gasteiger partial charge in [-0.3, -0.25) is 9.59 Å². The van der Waals surface area contributed by atoms with E-state index in [4.69, 9.17) is 4.74 Å². The first-order chi connectivity index (χ1) is 14.1. The molecule has 0 aromatic heterocycles. The van der Waals surface area contributed by atoms with Crippen molar-refractivity contribution in [2.24, 2.45) is 0 Å². The Morgan fingerprint density at radius 3 is 2.38 bits per heavy atom. The number of ether oxygens (including phenoxy) is 1. The molecule has 0 saturated heterocycles. The second kappa shape index (κ2) is 9.87. The molecular weight excluding hydrogens is 368 g/mol. The van der Waals surface area contributed by atoms with Crippen LogP contribution in [0.5, 0.6) is 0 Å². The van der Waals surface area contributed by atoms with Crippen LogP contribution in [0.4, 0.5) is 5.69 Å². The fourth-order valence-corrected chi connectivity index (χ4v) is 3.40. The molecular formula is C23H26N2O4. The number of nitrogens with one attached hydrogen (secondary N) is 2. The molecule has 0 heterocycles. The van der Waals surface area contributed by atoms with E-state index in [2.05, 4.69) is 10.6 Å². The first-order valence-electron chi connectivity index (χ1n) is 10.0. The number of carbonyl (C=O) groups excluding carboxylic acids is 3. The van der Waals surface area contributed by atoms with Gasteiger partial charge in [0.05, 0.1) is 16.8 Å². The lowest BCUT2D eigenvalue weighted by Crippen LogP contribution is -2.33. The molecule has 0 radical (unpaired) electrons. The van der Waals surface area contributed by atoms with Gasteiger partial charge in [-0.15, -0.1) is 0 Å². The number of anilines is 1. The number of hydrogen-bond donors (Lipinski definition) is 2. The zero-order valence-corrected chi connectivity index (χ0v) is 16.6. The van der Waals surface area contributed by atoms with Gasteiger partial charge in [0.2, 0.25) is 0 Å². The van der Waals surface area contributed by atoms with Crippen molar-refractivity contribution >= 4 is 23.5 Å². The molecule has 2 amide bonds. The fraction of sp³-hybridized carbons (Fsp3) is 0.348. The summed E-state index contributed by atoms with van der Waals surface area (Å²) >= 11 is 0. The van der Waals surface area contributed by atoms with E-state index in [1.165, 1.54) is 0 Å². The Hall–Kier alpha value is -3.15. The van der Waals surface area contributed by atoms with Gasteiger partial charge in [0.1, 0.15) is 0 Å². The molecule has 152 valence electrons. The maximum Gasteiger partial charge on any atom is 0.338 e. The summed E-state index contributed by atoms with van der Waals surface area (Å²) in [5.41, 5.74) is 2.31. The Morgan fingerprint density at radius 1 is 1.00 bits per heavy atom. The summed E-state index contributed by atoms with van der Waals surface area (Å²) in [7, 11) is 0. The fourth-order valence-electron chi connectivity index (χ4n) is 3.40. The Morgan fingerprint density at radius 2 is 1.69 bits per heavy atom. The van der Waals surface area contributed by atoms with E-state index in [9.17, 15) is 14.4 Å². The van der Waals surface area contributed by atoms with Crippen molar-refractivity contribution in [3.8, 4) is 0 Å². The van der Waals surface area contributed by atoms with Crippen molar-refractivity contribution in [3.63, 3.8) is 0 Å². The highest BCUT2D eigenvalue weighted by molar-refractivity contribution is 6.04. The topological polar surface area (TPSA) is 84.5 Å². The average molecular weight is 394 g/mol. The van der Waals surface area contributed by atoms with Gasteiger partial charge in [-0.25, -0.2) is 4.79 Å². The van der Waals surface area contributed by atoms with Crippen LogP contribution in [0.3, 0.4) is 0 Å². The van der Waals surface area contributed by atoms with Crippen molar-refractivity contribution in [1.29, 1.82) is 0 Å². The van der Waals surface area contributed by atoms with Crippen LogP contribution in [0.2, 0.25) is 0 Å². The van der Waals surface area contributed by atoms with E-state index < -0.39 is 18.5 Å². The highest BCUT2D eigenvalue weighted by Gasteiger charge is 2.20. The van der Waals surface area contributed by atoms with E-state index in [0.717, 1.165) is 37.7 Å². The largest absolute Gasteiger partial charge is 0.452 e. The van der Waals surface area contributed by atoms with Crippen LogP contribution in [0.25, 0.3) is 0 Å². The van der Waals surface area contributed by atoms with Crippen molar-refractivity contribution < 1.29 is 19.1 Å². The van der Waals surface area contributed by atoms with E-state index in [1.807, 2.05) is 19.1 Å². The number of para-hydroxylation sites is 1. The first-order valence-corrected chi connectivity index (χ1v) is 10.0. The van der Waals surface area contributed by atoms with E-state index >= 15 is 0 Å². The lowest BCUT2D eigenvalue weighted by atomic mass is 10.1. The minimum atomic E-state index is -0.560. The summed E-state index contributed by atoms with van der Waals surface area (Å²) in [6.07, 6.45) is 5.09. The molecule has 2 aromatic rings. The zero-order chi connectivity index (χ0) is 20.6. The molecule has 6 heteroatoms. The molecule has 6 nitrogen and oxygen atoms in total. The predicted molar refractivity (Wildman–Crippen MR) is 111 cm³/mol. The average Bonchev–Trinajstić information content (AvgIpc) is 3.25. The summed E-state index contributed by atoms with van der Waals surface area (Å²) in [6, 6.07) is 14.1. The number of hydrogen-bond acceptors (Lipinski definition) is 4. The third-order valence-electron chi connectivity index (χ3n) is 5.07.